The third-order valence-corrected chi connectivity index (χ3v) is 5.58. The van der Waals surface area contributed by atoms with Gasteiger partial charge in [-0.3, -0.25) is 14.5 Å². The van der Waals surface area contributed by atoms with Crippen molar-refractivity contribution in [1.29, 1.82) is 0 Å². The molecule has 164 valence electrons. The normalized spacial score (nSPS) is 14.6. The lowest BCUT2D eigenvalue weighted by Crippen LogP contribution is -2.33. The van der Waals surface area contributed by atoms with E-state index in [1.54, 1.807) is 18.2 Å². The highest BCUT2D eigenvalue weighted by Crippen LogP contribution is 2.25. The van der Waals surface area contributed by atoms with E-state index in [1.807, 2.05) is 30.3 Å². The van der Waals surface area contributed by atoms with Gasteiger partial charge in [0, 0.05) is 24.4 Å². The van der Waals surface area contributed by atoms with Crippen LogP contribution in [0.25, 0.3) is 6.08 Å². The molecule has 0 heterocycles. The Morgan fingerprint density at radius 2 is 1.81 bits per heavy atom. The lowest BCUT2D eigenvalue weighted by Gasteiger charge is -2.31. The fourth-order valence-corrected chi connectivity index (χ4v) is 3.88. The van der Waals surface area contributed by atoms with E-state index in [-0.39, 0.29) is 12.5 Å². The molecule has 0 atom stereocenters. The number of benzene rings is 2. The number of nitrogens with two attached hydrogens (primary N) is 1. The Morgan fingerprint density at radius 1 is 1.10 bits per heavy atom. The maximum Gasteiger partial charge on any atom is 0.255 e. The predicted octanol–water partition coefficient (Wildman–Crippen LogP) is 3.97. The number of anilines is 1. The quantitative estimate of drug-likeness (QED) is 0.600. The van der Waals surface area contributed by atoms with Crippen LogP contribution in [0.4, 0.5) is 5.69 Å². The molecule has 0 saturated heterocycles. The number of nitrogens with one attached hydrogen (secondary N) is 1. The largest absolute Gasteiger partial charge is 0.484 e. The van der Waals surface area contributed by atoms with Crippen LogP contribution < -0.4 is 15.8 Å². The summed E-state index contributed by atoms with van der Waals surface area (Å²) in [4.78, 5) is 25.7. The number of hydrogen-bond acceptors (Lipinski definition) is 4. The first-order valence-corrected chi connectivity index (χ1v) is 10.8. The number of hydrogen-bond donors (Lipinski definition) is 2. The van der Waals surface area contributed by atoms with E-state index in [1.165, 1.54) is 38.2 Å². The molecular formula is C25H31N3O3. The third kappa shape index (κ3) is 7.26. The summed E-state index contributed by atoms with van der Waals surface area (Å²) >= 11 is 0. The van der Waals surface area contributed by atoms with Gasteiger partial charge < -0.3 is 15.8 Å². The SMILES string of the molecule is CN(Cc1ccccc1NC(=O)/C=C/c1ccc(OCC(N)=O)cc1)C1CCCCC1. The van der Waals surface area contributed by atoms with E-state index in [0.717, 1.165) is 23.4 Å². The highest BCUT2D eigenvalue weighted by Gasteiger charge is 2.19. The van der Waals surface area contributed by atoms with Gasteiger partial charge in [0.25, 0.3) is 5.91 Å². The summed E-state index contributed by atoms with van der Waals surface area (Å²) in [5, 5.41) is 3.00. The van der Waals surface area contributed by atoms with Gasteiger partial charge in [-0.15, -0.1) is 0 Å². The van der Waals surface area contributed by atoms with Crippen LogP contribution >= 0.6 is 0 Å². The summed E-state index contributed by atoms with van der Waals surface area (Å²) in [5.74, 6) is -0.149. The predicted molar refractivity (Wildman–Crippen MR) is 124 cm³/mol. The van der Waals surface area contributed by atoms with Gasteiger partial charge in [-0.05, 0) is 55.3 Å². The lowest BCUT2D eigenvalue weighted by molar-refractivity contribution is -0.120. The van der Waals surface area contributed by atoms with E-state index in [9.17, 15) is 9.59 Å². The minimum Gasteiger partial charge on any atom is -0.484 e. The maximum atomic E-state index is 12.5. The molecule has 1 saturated carbocycles. The van der Waals surface area contributed by atoms with Crippen LogP contribution in [0, 0.1) is 0 Å². The van der Waals surface area contributed by atoms with Gasteiger partial charge in [-0.25, -0.2) is 0 Å². The lowest BCUT2D eigenvalue weighted by atomic mass is 9.94. The number of amides is 2. The van der Waals surface area contributed by atoms with Crippen molar-refractivity contribution in [2.24, 2.45) is 5.73 Å². The zero-order valence-electron chi connectivity index (χ0n) is 18.0. The van der Waals surface area contributed by atoms with Gasteiger partial charge >= 0.3 is 0 Å². The number of nitrogens with zero attached hydrogens (tertiary/aromatic N) is 1. The zero-order chi connectivity index (χ0) is 22.1. The Labute approximate surface area is 184 Å². The van der Waals surface area contributed by atoms with E-state index in [2.05, 4.69) is 23.3 Å². The molecule has 2 aromatic carbocycles. The number of ether oxygens (including phenoxy) is 1. The molecule has 0 aromatic heterocycles. The van der Waals surface area contributed by atoms with Gasteiger partial charge in [0.15, 0.2) is 6.61 Å². The minimum absolute atomic E-state index is 0.160. The Bertz CT molecular complexity index is 902. The van der Waals surface area contributed by atoms with Crippen molar-refractivity contribution < 1.29 is 14.3 Å². The number of para-hydroxylation sites is 1. The smallest absolute Gasteiger partial charge is 0.255 e. The molecule has 1 aliphatic carbocycles. The van der Waals surface area contributed by atoms with Crippen molar-refractivity contribution in [3.8, 4) is 5.75 Å². The van der Waals surface area contributed by atoms with E-state index in [4.69, 9.17) is 10.5 Å². The first kappa shape index (κ1) is 22.6. The second kappa shape index (κ2) is 11.3. The molecule has 3 rings (SSSR count). The van der Waals surface area contributed by atoms with Crippen LogP contribution in [0.1, 0.15) is 43.2 Å². The second-order valence-corrected chi connectivity index (χ2v) is 8.01. The van der Waals surface area contributed by atoms with E-state index in [0.29, 0.717) is 11.8 Å². The number of primary amides is 1. The van der Waals surface area contributed by atoms with Crippen LogP contribution in [0.2, 0.25) is 0 Å². The molecule has 6 nitrogen and oxygen atoms in total. The van der Waals surface area contributed by atoms with Crippen LogP contribution in [-0.4, -0.2) is 36.4 Å². The summed E-state index contributed by atoms with van der Waals surface area (Å²) in [6.07, 6.45) is 9.70. The Balaban J connectivity index is 1.57. The summed E-state index contributed by atoms with van der Waals surface area (Å²) in [6.45, 7) is 0.657. The van der Waals surface area contributed by atoms with Crippen molar-refractivity contribution >= 4 is 23.6 Å². The molecule has 0 unspecified atom stereocenters. The van der Waals surface area contributed by atoms with E-state index < -0.39 is 5.91 Å². The van der Waals surface area contributed by atoms with Crippen molar-refractivity contribution in [3.63, 3.8) is 0 Å². The van der Waals surface area contributed by atoms with Crippen LogP contribution in [-0.2, 0) is 16.1 Å². The molecule has 2 amide bonds. The minimum atomic E-state index is -0.522. The van der Waals surface area contributed by atoms with Gasteiger partial charge in [0.05, 0.1) is 0 Å². The molecule has 0 radical (unpaired) electrons. The molecule has 0 spiro atoms. The molecule has 2 aromatic rings. The van der Waals surface area contributed by atoms with E-state index >= 15 is 0 Å². The molecule has 31 heavy (non-hydrogen) atoms. The molecule has 3 N–H and O–H groups in total. The standard InChI is InChI=1S/C25H31N3O3/c1-28(21-8-3-2-4-9-21)17-20-7-5-6-10-23(20)27-25(30)16-13-19-11-14-22(15-12-19)31-18-24(26)29/h5-7,10-16,21H,2-4,8-9,17-18H2,1H3,(H2,26,29)(H,27,30)/b16-13+. The Kier molecular flexibility index (Phi) is 8.24. The molecular weight excluding hydrogens is 390 g/mol. The fourth-order valence-electron chi connectivity index (χ4n) is 3.88. The van der Waals surface area contributed by atoms with Crippen molar-refractivity contribution in [3.05, 3.63) is 65.7 Å². The molecule has 1 aliphatic rings. The molecule has 0 bridgehead atoms. The first-order chi connectivity index (χ1) is 15.0. The second-order valence-electron chi connectivity index (χ2n) is 8.01. The van der Waals surface area contributed by atoms with Gasteiger partial charge in [0.2, 0.25) is 5.91 Å². The first-order valence-electron chi connectivity index (χ1n) is 10.8. The molecule has 6 heteroatoms. The van der Waals surface area contributed by atoms with Gasteiger partial charge in [0.1, 0.15) is 5.75 Å². The number of carbonyl (C=O) groups is 2. The van der Waals surface area contributed by atoms with Crippen LogP contribution in [0.5, 0.6) is 5.75 Å². The monoisotopic (exact) mass is 421 g/mol. The van der Waals surface area contributed by atoms with Crippen molar-refractivity contribution in [2.75, 3.05) is 19.0 Å². The summed E-state index contributed by atoms with van der Waals surface area (Å²) in [5.41, 5.74) is 7.88. The number of rotatable bonds is 9. The number of carbonyl (C=O) groups excluding carboxylic acids is 2. The highest BCUT2D eigenvalue weighted by atomic mass is 16.5. The zero-order valence-corrected chi connectivity index (χ0v) is 18.0. The summed E-state index contributed by atoms with van der Waals surface area (Å²) in [7, 11) is 2.17. The highest BCUT2D eigenvalue weighted by molar-refractivity contribution is 6.02. The summed E-state index contributed by atoms with van der Waals surface area (Å²) in [6, 6.07) is 15.7. The fraction of sp³-hybridized carbons (Fsp3) is 0.360. The Morgan fingerprint density at radius 3 is 2.52 bits per heavy atom. The summed E-state index contributed by atoms with van der Waals surface area (Å²) < 4.78 is 5.23. The van der Waals surface area contributed by atoms with Crippen molar-refractivity contribution in [1.82, 2.24) is 4.90 Å². The van der Waals surface area contributed by atoms with Crippen LogP contribution in [0.3, 0.4) is 0 Å². The van der Waals surface area contributed by atoms with Crippen molar-refractivity contribution in [2.45, 2.75) is 44.7 Å². The van der Waals surface area contributed by atoms with Gasteiger partial charge in [-0.2, -0.15) is 0 Å². The molecule has 0 aliphatic heterocycles. The average Bonchev–Trinajstić information content (AvgIpc) is 2.79. The van der Waals surface area contributed by atoms with Crippen LogP contribution in [0.15, 0.2) is 54.6 Å². The Hall–Kier alpha value is -3.12. The van der Waals surface area contributed by atoms with Gasteiger partial charge in [-0.1, -0.05) is 49.6 Å². The maximum absolute atomic E-state index is 12.5. The molecule has 1 fully saturated rings. The average molecular weight is 422 g/mol. The topological polar surface area (TPSA) is 84.7 Å². The third-order valence-electron chi connectivity index (χ3n) is 5.58.